The zero-order valence-electron chi connectivity index (χ0n) is 10.2. The van der Waals surface area contributed by atoms with Gasteiger partial charge in [0.15, 0.2) is 0 Å². The lowest BCUT2D eigenvalue weighted by Gasteiger charge is -2.13. The number of anilines is 1. The van der Waals surface area contributed by atoms with Gasteiger partial charge in [-0.05, 0) is 26.3 Å². The first-order valence-corrected chi connectivity index (χ1v) is 5.42. The summed E-state index contributed by atoms with van der Waals surface area (Å²) in [6.45, 7) is 3.54. The van der Waals surface area contributed by atoms with E-state index in [0.29, 0.717) is 11.4 Å². The molecule has 18 heavy (non-hydrogen) atoms. The minimum absolute atomic E-state index is 0.0268. The van der Waals surface area contributed by atoms with Crippen LogP contribution in [0.4, 0.5) is 5.95 Å². The summed E-state index contributed by atoms with van der Waals surface area (Å²) in [6, 6.07) is 0.750. The highest BCUT2D eigenvalue weighted by atomic mass is 16.4. The van der Waals surface area contributed by atoms with Crippen LogP contribution in [0, 0.1) is 13.8 Å². The second kappa shape index (κ2) is 5.95. The second-order valence-corrected chi connectivity index (χ2v) is 3.94. The third-order valence-corrected chi connectivity index (χ3v) is 2.23. The van der Waals surface area contributed by atoms with Crippen molar-refractivity contribution in [3.63, 3.8) is 0 Å². The molecule has 98 valence electrons. The normalized spacial score (nSPS) is 11.9. The van der Waals surface area contributed by atoms with Crippen molar-refractivity contribution >= 4 is 17.9 Å². The summed E-state index contributed by atoms with van der Waals surface area (Å²) in [5.74, 6) is -1.96. The Bertz CT molecular complexity index is 441. The molecule has 0 aliphatic rings. The van der Waals surface area contributed by atoms with E-state index in [0.717, 1.165) is 0 Å². The van der Waals surface area contributed by atoms with Gasteiger partial charge in [0.1, 0.15) is 6.04 Å². The zero-order valence-corrected chi connectivity index (χ0v) is 10.2. The number of aromatic nitrogens is 2. The van der Waals surface area contributed by atoms with Gasteiger partial charge in [-0.1, -0.05) is 0 Å². The number of aliphatic carboxylic acids is 2. The topological polar surface area (TPSA) is 112 Å². The lowest BCUT2D eigenvalue weighted by molar-refractivity contribution is -0.139. The molecular formula is C11H15N3O4. The number of nitrogens with zero attached hydrogens (tertiary/aromatic N) is 2. The third kappa shape index (κ3) is 4.36. The summed E-state index contributed by atoms with van der Waals surface area (Å²) in [7, 11) is 0. The van der Waals surface area contributed by atoms with Gasteiger partial charge >= 0.3 is 11.9 Å². The largest absolute Gasteiger partial charge is 0.481 e. The van der Waals surface area contributed by atoms with Gasteiger partial charge in [-0.25, -0.2) is 14.8 Å². The predicted octanol–water partition coefficient (Wildman–Crippen LogP) is 0.823. The monoisotopic (exact) mass is 253 g/mol. The number of nitrogens with one attached hydrogen (secondary N) is 1. The van der Waals surface area contributed by atoms with Gasteiger partial charge < -0.3 is 15.5 Å². The number of hydrogen-bond donors (Lipinski definition) is 3. The van der Waals surface area contributed by atoms with E-state index in [2.05, 4.69) is 15.3 Å². The van der Waals surface area contributed by atoms with E-state index in [4.69, 9.17) is 10.2 Å². The molecule has 0 unspecified atom stereocenters. The first-order valence-electron chi connectivity index (χ1n) is 5.42. The quantitative estimate of drug-likeness (QED) is 0.688. The first-order chi connectivity index (χ1) is 8.38. The van der Waals surface area contributed by atoms with Gasteiger partial charge in [0, 0.05) is 17.8 Å². The van der Waals surface area contributed by atoms with Crippen LogP contribution in [0.2, 0.25) is 0 Å². The SMILES string of the molecule is Cc1cc(C)nc(N[C@H](CCC(=O)O)C(=O)O)n1. The number of aryl methyl sites for hydroxylation is 2. The first kappa shape index (κ1) is 13.9. The fourth-order valence-electron chi connectivity index (χ4n) is 1.47. The summed E-state index contributed by atoms with van der Waals surface area (Å²) in [5.41, 5.74) is 1.43. The summed E-state index contributed by atoms with van der Waals surface area (Å²) in [4.78, 5) is 29.5. The van der Waals surface area contributed by atoms with Crippen LogP contribution >= 0.6 is 0 Å². The smallest absolute Gasteiger partial charge is 0.326 e. The molecule has 0 bridgehead atoms. The lowest BCUT2D eigenvalue weighted by atomic mass is 10.1. The van der Waals surface area contributed by atoms with Gasteiger partial charge in [0.05, 0.1) is 0 Å². The molecular weight excluding hydrogens is 238 g/mol. The van der Waals surface area contributed by atoms with Crippen molar-refractivity contribution in [2.45, 2.75) is 32.7 Å². The molecule has 0 aliphatic heterocycles. The highest BCUT2D eigenvalue weighted by molar-refractivity contribution is 5.77. The fourth-order valence-corrected chi connectivity index (χ4v) is 1.47. The Morgan fingerprint density at radius 1 is 1.28 bits per heavy atom. The number of carboxylic acid groups (broad SMARTS) is 2. The summed E-state index contributed by atoms with van der Waals surface area (Å²) in [6.07, 6.45) is -0.254. The van der Waals surface area contributed by atoms with Crippen LogP contribution in [0.5, 0.6) is 0 Å². The average Bonchev–Trinajstić information content (AvgIpc) is 2.22. The summed E-state index contributed by atoms with van der Waals surface area (Å²) < 4.78 is 0. The van der Waals surface area contributed by atoms with Crippen molar-refractivity contribution in [1.29, 1.82) is 0 Å². The lowest BCUT2D eigenvalue weighted by Crippen LogP contribution is -2.31. The molecule has 3 N–H and O–H groups in total. The maximum absolute atomic E-state index is 11.0. The van der Waals surface area contributed by atoms with Crippen LogP contribution in [0.15, 0.2) is 6.07 Å². The van der Waals surface area contributed by atoms with Gasteiger partial charge in [0.2, 0.25) is 5.95 Å². The molecule has 0 saturated carbocycles. The van der Waals surface area contributed by atoms with E-state index in [1.165, 1.54) is 0 Å². The van der Waals surface area contributed by atoms with Crippen LogP contribution in [0.1, 0.15) is 24.2 Å². The van der Waals surface area contributed by atoms with Gasteiger partial charge in [-0.2, -0.15) is 0 Å². The Hall–Kier alpha value is -2.18. The second-order valence-electron chi connectivity index (χ2n) is 3.94. The van der Waals surface area contributed by atoms with Gasteiger partial charge in [-0.15, -0.1) is 0 Å². The fraction of sp³-hybridized carbons (Fsp3) is 0.455. The number of carbonyl (C=O) groups is 2. The molecule has 7 heteroatoms. The Kier molecular flexibility index (Phi) is 4.59. The minimum atomic E-state index is -1.13. The average molecular weight is 253 g/mol. The predicted molar refractivity (Wildman–Crippen MR) is 63.4 cm³/mol. The van der Waals surface area contributed by atoms with E-state index in [9.17, 15) is 9.59 Å². The highest BCUT2D eigenvalue weighted by Crippen LogP contribution is 2.08. The standard InChI is InChI=1S/C11H15N3O4/c1-6-5-7(2)13-11(12-6)14-8(10(17)18)3-4-9(15)16/h5,8H,3-4H2,1-2H3,(H,15,16)(H,17,18)(H,12,13,14)/t8-/m1/s1. The van der Waals surface area contributed by atoms with Crippen LogP contribution in [-0.2, 0) is 9.59 Å². The Labute approximate surface area is 104 Å². The molecule has 1 aromatic heterocycles. The number of rotatable bonds is 6. The molecule has 0 amide bonds. The third-order valence-electron chi connectivity index (χ3n) is 2.23. The Morgan fingerprint density at radius 2 is 1.83 bits per heavy atom. The van der Waals surface area contributed by atoms with E-state index in [-0.39, 0.29) is 18.8 Å². The van der Waals surface area contributed by atoms with E-state index in [1.54, 1.807) is 19.9 Å². The molecule has 0 aromatic carbocycles. The Balaban J connectivity index is 2.76. The maximum atomic E-state index is 11.0. The zero-order chi connectivity index (χ0) is 13.7. The van der Waals surface area contributed by atoms with Crippen LogP contribution in [0.25, 0.3) is 0 Å². The van der Waals surface area contributed by atoms with Crippen LogP contribution < -0.4 is 5.32 Å². The minimum Gasteiger partial charge on any atom is -0.481 e. The van der Waals surface area contributed by atoms with E-state index >= 15 is 0 Å². The number of hydrogen-bond acceptors (Lipinski definition) is 5. The molecule has 1 rings (SSSR count). The van der Waals surface area contributed by atoms with Crippen molar-refractivity contribution in [3.05, 3.63) is 17.5 Å². The molecule has 0 fully saturated rings. The number of carboxylic acids is 2. The van der Waals surface area contributed by atoms with Crippen LogP contribution in [-0.4, -0.2) is 38.2 Å². The van der Waals surface area contributed by atoms with Gasteiger partial charge in [-0.3, -0.25) is 4.79 Å². The molecule has 0 saturated heterocycles. The van der Waals surface area contributed by atoms with Crippen molar-refractivity contribution in [1.82, 2.24) is 9.97 Å². The van der Waals surface area contributed by atoms with Gasteiger partial charge in [0.25, 0.3) is 0 Å². The molecule has 1 atom stereocenters. The van der Waals surface area contributed by atoms with Crippen molar-refractivity contribution in [2.24, 2.45) is 0 Å². The molecule has 0 radical (unpaired) electrons. The molecule has 1 heterocycles. The highest BCUT2D eigenvalue weighted by Gasteiger charge is 2.19. The van der Waals surface area contributed by atoms with E-state index in [1.807, 2.05) is 0 Å². The van der Waals surface area contributed by atoms with Crippen molar-refractivity contribution in [3.8, 4) is 0 Å². The molecule has 0 aliphatic carbocycles. The van der Waals surface area contributed by atoms with E-state index < -0.39 is 18.0 Å². The Morgan fingerprint density at radius 3 is 2.28 bits per heavy atom. The summed E-state index contributed by atoms with van der Waals surface area (Å²) >= 11 is 0. The summed E-state index contributed by atoms with van der Waals surface area (Å²) in [5, 5.41) is 20.2. The molecule has 0 spiro atoms. The van der Waals surface area contributed by atoms with Crippen molar-refractivity contribution < 1.29 is 19.8 Å². The maximum Gasteiger partial charge on any atom is 0.326 e. The molecule has 1 aromatic rings. The van der Waals surface area contributed by atoms with Crippen molar-refractivity contribution in [2.75, 3.05) is 5.32 Å². The van der Waals surface area contributed by atoms with Crippen LogP contribution in [0.3, 0.4) is 0 Å². The molecule has 7 nitrogen and oxygen atoms in total.